The largest absolute Gasteiger partial charge is 0.356 e. The van der Waals surface area contributed by atoms with Crippen LogP contribution < -0.4 is 10.6 Å². The molecule has 0 spiro atoms. The molecule has 0 radical (unpaired) electrons. The molecule has 0 saturated carbocycles. The van der Waals surface area contributed by atoms with E-state index in [1.54, 1.807) is 30.3 Å². The Bertz CT molecular complexity index is 1520. The van der Waals surface area contributed by atoms with Crippen molar-refractivity contribution in [2.24, 2.45) is 0 Å². The van der Waals surface area contributed by atoms with Gasteiger partial charge in [0.2, 0.25) is 0 Å². The maximum Gasteiger partial charge on any atom is 0.322 e. The van der Waals surface area contributed by atoms with Gasteiger partial charge in [-0.25, -0.2) is 9.18 Å². The number of urea groups is 1. The molecule has 1 saturated heterocycles. The van der Waals surface area contributed by atoms with Crippen LogP contribution in [0.5, 0.6) is 0 Å². The first-order valence-corrected chi connectivity index (χ1v) is 11.3. The molecule has 0 aliphatic carbocycles. The fourth-order valence-electron chi connectivity index (χ4n) is 4.72. The molecule has 3 aromatic carbocycles. The van der Waals surface area contributed by atoms with Gasteiger partial charge in [-0.3, -0.25) is 14.9 Å². The summed E-state index contributed by atoms with van der Waals surface area (Å²) in [5, 5.41) is 9.11. The monoisotopic (exact) mass is 482 g/mol. The Balaban J connectivity index is 1.30. The summed E-state index contributed by atoms with van der Waals surface area (Å²) in [6, 6.07) is 21.8. The van der Waals surface area contributed by atoms with Crippen molar-refractivity contribution >= 4 is 17.8 Å². The topological polar surface area (TPSA) is 105 Å². The third-order valence-electron chi connectivity index (χ3n) is 6.56. The van der Waals surface area contributed by atoms with Gasteiger partial charge in [-0.2, -0.15) is 0 Å². The minimum absolute atomic E-state index is 0.112. The zero-order chi connectivity index (χ0) is 24.9. The van der Waals surface area contributed by atoms with Gasteiger partial charge in [-0.05, 0) is 23.3 Å². The second kappa shape index (κ2) is 8.16. The molecule has 1 fully saturated rings. The van der Waals surface area contributed by atoms with E-state index in [2.05, 4.69) is 15.8 Å². The van der Waals surface area contributed by atoms with Crippen LogP contribution in [-0.4, -0.2) is 34.4 Å². The van der Waals surface area contributed by atoms with Gasteiger partial charge in [0.05, 0.1) is 6.54 Å². The van der Waals surface area contributed by atoms with E-state index in [1.807, 2.05) is 36.4 Å². The number of imide groups is 1. The van der Waals surface area contributed by atoms with E-state index in [0.29, 0.717) is 22.6 Å². The van der Waals surface area contributed by atoms with E-state index in [1.165, 1.54) is 17.0 Å². The van der Waals surface area contributed by atoms with E-state index >= 15 is 0 Å². The van der Waals surface area contributed by atoms with Gasteiger partial charge in [0.1, 0.15) is 11.5 Å². The molecule has 4 amide bonds. The van der Waals surface area contributed by atoms with Crippen LogP contribution in [0.1, 0.15) is 21.5 Å². The summed E-state index contributed by atoms with van der Waals surface area (Å²) in [5.41, 5.74) is 2.26. The summed E-state index contributed by atoms with van der Waals surface area (Å²) in [7, 11) is 0. The van der Waals surface area contributed by atoms with Crippen molar-refractivity contribution < 1.29 is 23.3 Å². The van der Waals surface area contributed by atoms with Gasteiger partial charge < -0.3 is 14.7 Å². The SMILES string of the molecule is O=C1NC(=O)[C@](CN2Cc3ccc(F)cc3C2=O)(c2ccc(-c3cc(-c4ccccc4)no3)cc2)N1. The minimum Gasteiger partial charge on any atom is -0.356 e. The maximum atomic E-state index is 13.7. The number of aromatic nitrogens is 1. The van der Waals surface area contributed by atoms with Gasteiger partial charge in [-0.1, -0.05) is 65.8 Å². The summed E-state index contributed by atoms with van der Waals surface area (Å²) >= 11 is 0. The van der Waals surface area contributed by atoms with Crippen LogP contribution in [-0.2, 0) is 16.9 Å². The molecule has 2 aliphatic rings. The number of fused-ring (bicyclic) bond motifs is 1. The number of carbonyl (C=O) groups is 3. The Labute approximate surface area is 204 Å². The normalized spacial score (nSPS) is 18.8. The van der Waals surface area contributed by atoms with E-state index in [-0.39, 0.29) is 18.7 Å². The smallest absolute Gasteiger partial charge is 0.322 e. The Morgan fingerprint density at radius 1 is 0.944 bits per heavy atom. The fourth-order valence-corrected chi connectivity index (χ4v) is 4.72. The molecular formula is C27H19FN4O4. The number of nitrogens with zero attached hydrogens (tertiary/aromatic N) is 2. The second-order valence-corrected chi connectivity index (χ2v) is 8.80. The average Bonchev–Trinajstić information content (AvgIpc) is 3.57. The predicted octanol–water partition coefficient (Wildman–Crippen LogP) is 3.84. The predicted molar refractivity (Wildman–Crippen MR) is 127 cm³/mol. The van der Waals surface area contributed by atoms with Crippen molar-refractivity contribution in [1.82, 2.24) is 20.7 Å². The van der Waals surface area contributed by atoms with Crippen molar-refractivity contribution in [2.45, 2.75) is 12.1 Å². The highest BCUT2D eigenvalue weighted by atomic mass is 19.1. The van der Waals surface area contributed by atoms with Crippen LogP contribution in [0.2, 0.25) is 0 Å². The van der Waals surface area contributed by atoms with Gasteiger partial charge in [0.25, 0.3) is 11.8 Å². The molecule has 0 unspecified atom stereocenters. The quantitative estimate of drug-likeness (QED) is 0.421. The van der Waals surface area contributed by atoms with E-state index in [4.69, 9.17) is 4.52 Å². The minimum atomic E-state index is -1.50. The molecule has 6 rings (SSSR count). The zero-order valence-electron chi connectivity index (χ0n) is 18.8. The lowest BCUT2D eigenvalue weighted by atomic mass is 9.88. The molecule has 1 aromatic heterocycles. The molecule has 3 heterocycles. The number of amides is 4. The maximum absolute atomic E-state index is 13.7. The van der Waals surface area contributed by atoms with E-state index < -0.39 is 29.2 Å². The molecule has 2 N–H and O–H groups in total. The lowest BCUT2D eigenvalue weighted by Crippen LogP contribution is -2.52. The lowest BCUT2D eigenvalue weighted by Gasteiger charge is -2.31. The number of hydrogen-bond donors (Lipinski definition) is 2. The molecule has 4 aromatic rings. The summed E-state index contributed by atoms with van der Waals surface area (Å²) < 4.78 is 19.2. The van der Waals surface area contributed by atoms with Gasteiger partial charge in [0, 0.05) is 29.3 Å². The number of rotatable bonds is 5. The lowest BCUT2D eigenvalue weighted by molar-refractivity contribution is -0.124. The summed E-state index contributed by atoms with van der Waals surface area (Å²) in [6.45, 7) is 0.0945. The van der Waals surface area contributed by atoms with Crippen LogP contribution in [0.4, 0.5) is 9.18 Å². The molecule has 8 nitrogen and oxygen atoms in total. The third-order valence-corrected chi connectivity index (χ3v) is 6.56. The van der Waals surface area contributed by atoms with E-state index in [0.717, 1.165) is 11.1 Å². The van der Waals surface area contributed by atoms with Crippen LogP contribution in [0.15, 0.2) is 83.4 Å². The number of halogens is 1. The van der Waals surface area contributed by atoms with Crippen molar-refractivity contribution in [3.8, 4) is 22.6 Å². The molecule has 9 heteroatoms. The number of nitrogens with one attached hydrogen (secondary N) is 2. The van der Waals surface area contributed by atoms with Gasteiger partial charge in [0.15, 0.2) is 11.3 Å². The Kier molecular flexibility index (Phi) is 4.92. The highest BCUT2D eigenvalue weighted by Gasteiger charge is 2.50. The van der Waals surface area contributed by atoms with Crippen LogP contribution >= 0.6 is 0 Å². The fraction of sp³-hybridized carbons (Fsp3) is 0.111. The number of hydrogen-bond acceptors (Lipinski definition) is 5. The van der Waals surface area contributed by atoms with Crippen LogP contribution in [0.3, 0.4) is 0 Å². The second-order valence-electron chi connectivity index (χ2n) is 8.80. The summed E-state index contributed by atoms with van der Waals surface area (Å²) in [4.78, 5) is 39.6. The standard InChI is InChI=1S/C27H19FN4O4/c28-20-11-8-18-14-32(24(33)21(18)12-20)15-27(25(34)29-26(35)30-27)19-9-6-17(7-10-19)23-13-22(31-36-23)16-4-2-1-3-5-16/h1-13H,14-15H2,(H2,29,30,34,35)/t27-/m0/s1. The van der Waals surface area contributed by atoms with Crippen molar-refractivity contribution in [2.75, 3.05) is 6.54 Å². The number of carbonyl (C=O) groups excluding carboxylic acids is 3. The van der Waals surface area contributed by atoms with Gasteiger partial charge in [-0.15, -0.1) is 0 Å². The van der Waals surface area contributed by atoms with Crippen molar-refractivity contribution in [3.63, 3.8) is 0 Å². The van der Waals surface area contributed by atoms with Gasteiger partial charge >= 0.3 is 6.03 Å². The molecule has 36 heavy (non-hydrogen) atoms. The molecular weight excluding hydrogens is 463 g/mol. The number of benzene rings is 3. The van der Waals surface area contributed by atoms with Crippen molar-refractivity contribution in [1.29, 1.82) is 0 Å². The zero-order valence-corrected chi connectivity index (χ0v) is 18.8. The first kappa shape index (κ1) is 21.7. The Morgan fingerprint density at radius 2 is 1.72 bits per heavy atom. The molecule has 178 valence electrons. The highest BCUT2D eigenvalue weighted by Crippen LogP contribution is 2.33. The first-order valence-electron chi connectivity index (χ1n) is 11.3. The third kappa shape index (κ3) is 3.52. The molecule has 1 atom stereocenters. The Morgan fingerprint density at radius 3 is 2.44 bits per heavy atom. The molecule has 0 bridgehead atoms. The summed E-state index contributed by atoms with van der Waals surface area (Å²) in [5.74, 6) is -0.934. The average molecular weight is 482 g/mol. The highest BCUT2D eigenvalue weighted by molar-refractivity contribution is 6.08. The van der Waals surface area contributed by atoms with Crippen LogP contribution in [0.25, 0.3) is 22.6 Å². The molecule has 2 aliphatic heterocycles. The van der Waals surface area contributed by atoms with E-state index in [9.17, 15) is 18.8 Å². The van der Waals surface area contributed by atoms with Crippen molar-refractivity contribution in [3.05, 3.63) is 101 Å². The van der Waals surface area contributed by atoms with Crippen LogP contribution in [0, 0.1) is 5.82 Å². The summed E-state index contributed by atoms with van der Waals surface area (Å²) in [6.07, 6.45) is 0. The Hall–Kier alpha value is -4.79. The first-order chi connectivity index (χ1) is 17.4.